The molecule has 0 aliphatic heterocycles. The number of ether oxygens (including phenoxy) is 1. The lowest BCUT2D eigenvalue weighted by Gasteiger charge is -2.04. The molecule has 0 unspecified atom stereocenters. The van der Waals surface area contributed by atoms with Gasteiger partial charge in [0.05, 0.1) is 6.61 Å². The Hall–Kier alpha value is -1.05. The molecule has 0 heterocycles. The van der Waals surface area contributed by atoms with Gasteiger partial charge in [0, 0.05) is 6.42 Å². The minimum absolute atomic E-state index is 0.00126. The van der Waals surface area contributed by atoms with E-state index in [0.717, 1.165) is 32.1 Å². The van der Waals surface area contributed by atoms with Crippen molar-refractivity contribution in [1.29, 1.82) is 0 Å². The number of carbonyl (C=O) groups excluding carboxylic acids is 1. The van der Waals surface area contributed by atoms with Crippen molar-refractivity contribution in [2.75, 3.05) is 6.61 Å². The van der Waals surface area contributed by atoms with Crippen LogP contribution in [0.3, 0.4) is 0 Å². The first-order valence-corrected chi connectivity index (χ1v) is 16.3. The van der Waals surface area contributed by atoms with Crippen LogP contribution in [0, 0.1) is 0 Å². The average Bonchev–Trinajstić information content (AvgIpc) is 2.88. The SMILES string of the molecule is CCCCCCCC/C=C\CCCCOC(=O)CCCCCCCCC/C=C/CCCCCCCC. The quantitative estimate of drug-likeness (QED) is 0.0575. The predicted molar refractivity (Wildman–Crippen MR) is 161 cm³/mol. The van der Waals surface area contributed by atoms with Crippen molar-refractivity contribution in [3.8, 4) is 0 Å². The van der Waals surface area contributed by atoms with Crippen molar-refractivity contribution < 1.29 is 9.53 Å². The summed E-state index contributed by atoms with van der Waals surface area (Å²) in [6.45, 7) is 5.14. The third-order valence-electron chi connectivity index (χ3n) is 7.06. The van der Waals surface area contributed by atoms with Crippen LogP contribution in [-0.2, 0) is 9.53 Å². The van der Waals surface area contributed by atoms with Gasteiger partial charge < -0.3 is 4.74 Å². The first-order valence-electron chi connectivity index (χ1n) is 16.3. The Bertz CT molecular complexity index is 480. The zero-order chi connectivity index (χ0) is 26.2. The molecule has 0 aromatic carbocycles. The molecule has 0 aliphatic carbocycles. The number of rotatable bonds is 29. The van der Waals surface area contributed by atoms with Crippen LogP contribution in [-0.4, -0.2) is 12.6 Å². The largest absolute Gasteiger partial charge is 0.466 e. The van der Waals surface area contributed by atoms with Crippen molar-refractivity contribution in [2.24, 2.45) is 0 Å². The highest BCUT2D eigenvalue weighted by Crippen LogP contribution is 2.12. The lowest BCUT2D eigenvalue weighted by Crippen LogP contribution is -2.05. The summed E-state index contributed by atoms with van der Waals surface area (Å²) in [5.74, 6) is 0.00126. The first-order chi connectivity index (χ1) is 17.8. The van der Waals surface area contributed by atoms with Gasteiger partial charge in [0.1, 0.15) is 0 Å². The van der Waals surface area contributed by atoms with Crippen molar-refractivity contribution >= 4 is 5.97 Å². The number of esters is 1. The van der Waals surface area contributed by atoms with Crippen LogP contribution in [0.4, 0.5) is 0 Å². The molecule has 2 nitrogen and oxygen atoms in total. The minimum Gasteiger partial charge on any atom is -0.466 e. The van der Waals surface area contributed by atoms with Crippen LogP contribution in [0.25, 0.3) is 0 Å². The Morgan fingerprint density at radius 2 is 0.778 bits per heavy atom. The summed E-state index contributed by atoms with van der Waals surface area (Å²) in [5, 5.41) is 0. The number of hydrogen-bond donors (Lipinski definition) is 0. The molecule has 0 aromatic heterocycles. The second-order valence-electron chi connectivity index (χ2n) is 10.8. The summed E-state index contributed by atoms with van der Waals surface area (Å²) in [6.07, 6.45) is 42.3. The Balaban J connectivity index is 3.24. The molecule has 0 aromatic rings. The van der Waals surface area contributed by atoms with Crippen molar-refractivity contribution in [3.63, 3.8) is 0 Å². The maximum Gasteiger partial charge on any atom is 0.305 e. The van der Waals surface area contributed by atoms with Crippen molar-refractivity contribution in [1.82, 2.24) is 0 Å². The Morgan fingerprint density at radius 1 is 0.444 bits per heavy atom. The fraction of sp³-hybridized carbons (Fsp3) is 0.853. The summed E-state index contributed by atoms with van der Waals surface area (Å²) in [7, 11) is 0. The van der Waals surface area contributed by atoms with Crippen molar-refractivity contribution in [2.45, 2.75) is 181 Å². The molecule has 0 aliphatic rings. The van der Waals surface area contributed by atoms with Gasteiger partial charge in [0.25, 0.3) is 0 Å². The lowest BCUT2D eigenvalue weighted by atomic mass is 10.1. The summed E-state index contributed by atoms with van der Waals surface area (Å²) in [4.78, 5) is 11.9. The van der Waals surface area contributed by atoms with E-state index in [4.69, 9.17) is 4.74 Å². The van der Waals surface area contributed by atoms with Crippen LogP contribution in [0.15, 0.2) is 24.3 Å². The van der Waals surface area contributed by atoms with E-state index in [1.54, 1.807) is 0 Å². The van der Waals surface area contributed by atoms with Crippen LogP contribution >= 0.6 is 0 Å². The molecule has 36 heavy (non-hydrogen) atoms. The fourth-order valence-corrected chi connectivity index (χ4v) is 4.59. The maximum absolute atomic E-state index is 11.9. The van der Waals surface area contributed by atoms with Gasteiger partial charge in [-0.15, -0.1) is 0 Å². The molecule has 0 N–H and O–H groups in total. The summed E-state index contributed by atoms with van der Waals surface area (Å²) in [6, 6.07) is 0. The zero-order valence-corrected chi connectivity index (χ0v) is 24.7. The minimum atomic E-state index is 0.00126. The molecule has 212 valence electrons. The monoisotopic (exact) mass is 504 g/mol. The van der Waals surface area contributed by atoms with Gasteiger partial charge in [-0.25, -0.2) is 0 Å². The van der Waals surface area contributed by atoms with Gasteiger partial charge in [-0.3, -0.25) is 4.79 Å². The number of hydrogen-bond acceptors (Lipinski definition) is 2. The standard InChI is InChI=1S/C34H64O2/c1-3-5-7-9-11-13-15-17-18-19-20-21-22-24-26-28-30-32-34(35)36-33-31-29-27-25-23-16-14-12-10-8-6-4-2/h17-18,23,25H,3-16,19-22,24,26-33H2,1-2H3/b18-17+,25-23-. The van der Waals surface area contributed by atoms with Gasteiger partial charge in [0.2, 0.25) is 0 Å². The van der Waals surface area contributed by atoms with E-state index >= 15 is 0 Å². The average molecular weight is 505 g/mol. The smallest absolute Gasteiger partial charge is 0.305 e. The van der Waals surface area contributed by atoms with Gasteiger partial charge in [-0.1, -0.05) is 134 Å². The van der Waals surface area contributed by atoms with E-state index in [0.29, 0.717) is 13.0 Å². The zero-order valence-electron chi connectivity index (χ0n) is 24.7. The van der Waals surface area contributed by atoms with E-state index in [1.165, 1.54) is 128 Å². The molecule has 0 rings (SSSR count). The number of unbranched alkanes of at least 4 members (excludes halogenated alkanes) is 21. The second kappa shape index (κ2) is 32.0. The predicted octanol–water partition coefficient (Wildman–Crippen LogP) is 11.8. The number of allylic oxidation sites excluding steroid dienone is 4. The third kappa shape index (κ3) is 31.0. The maximum atomic E-state index is 11.9. The highest BCUT2D eigenvalue weighted by Gasteiger charge is 2.02. The molecule has 0 atom stereocenters. The van der Waals surface area contributed by atoms with E-state index < -0.39 is 0 Å². The Kier molecular flexibility index (Phi) is 31.0. The van der Waals surface area contributed by atoms with Crippen LogP contribution in [0.2, 0.25) is 0 Å². The molecular weight excluding hydrogens is 440 g/mol. The fourth-order valence-electron chi connectivity index (χ4n) is 4.59. The molecule has 0 fully saturated rings. The van der Waals surface area contributed by atoms with Gasteiger partial charge in [0.15, 0.2) is 0 Å². The van der Waals surface area contributed by atoms with E-state index in [9.17, 15) is 4.79 Å². The van der Waals surface area contributed by atoms with Crippen LogP contribution in [0.1, 0.15) is 181 Å². The van der Waals surface area contributed by atoms with Gasteiger partial charge in [-0.05, 0) is 64.2 Å². The van der Waals surface area contributed by atoms with Crippen molar-refractivity contribution in [3.05, 3.63) is 24.3 Å². The van der Waals surface area contributed by atoms with Crippen LogP contribution in [0.5, 0.6) is 0 Å². The molecule has 0 bridgehead atoms. The lowest BCUT2D eigenvalue weighted by molar-refractivity contribution is -0.143. The third-order valence-corrected chi connectivity index (χ3v) is 7.06. The first kappa shape index (κ1) is 35.0. The normalized spacial score (nSPS) is 11.7. The molecular formula is C34H64O2. The number of carbonyl (C=O) groups is 1. The highest BCUT2D eigenvalue weighted by molar-refractivity contribution is 5.69. The summed E-state index contributed by atoms with van der Waals surface area (Å²) < 4.78 is 5.39. The molecule has 0 radical (unpaired) electrons. The molecule has 0 spiro atoms. The molecule has 0 amide bonds. The summed E-state index contributed by atoms with van der Waals surface area (Å²) in [5.41, 5.74) is 0. The highest BCUT2D eigenvalue weighted by atomic mass is 16.5. The Labute approximate surface area is 227 Å². The van der Waals surface area contributed by atoms with Gasteiger partial charge >= 0.3 is 5.97 Å². The topological polar surface area (TPSA) is 26.3 Å². The van der Waals surface area contributed by atoms with E-state index in [-0.39, 0.29) is 5.97 Å². The Morgan fingerprint density at radius 3 is 1.19 bits per heavy atom. The molecule has 0 saturated heterocycles. The van der Waals surface area contributed by atoms with E-state index in [1.807, 2.05) is 0 Å². The second-order valence-corrected chi connectivity index (χ2v) is 10.8. The van der Waals surface area contributed by atoms with Crippen LogP contribution < -0.4 is 0 Å². The van der Waals surface area contributed by atoms with E-state index in [2.05, 4.69) is 38.2 Å². The summed E-state index contributed by atoms with van der Waals surface area (Å²) >= 11 is 0. The molecule has 2 heteroatoms. The molecule has 0 saturated carbocycles. The van der Waals surface area contributed by atoms with Gasteiger partial charge in [-0.2, -0.15) is 0 Å².